The Labute approximate surface area is 123 Å². The van der Waals surface area contributed by atoms with E-state index in [1.807, 2.05) is 0 Å². The molecule has 0 bridgehead atoms. The molecule has 0 aliphatic rings. The second-order valence-corrected chi connectivity index (χ2v) is 6.48. The van der Waals surface area contributed by atoms with Crippen molar-refractivity contribution in [1.82, 2.24) is 4.31 Å². The van der Waals surface area contributed by atoms with Gasteiger partial charge in [-0.25, -0.2) is 8.42 Å². The standard InChI is InChI=1S/C14H18F3NO2S/c1-2-3-4-8-11-18(21(19,20)14(15,16)17)12-13-9-6-5-7-10-13/h2,5-7,9-10H,1,3-4,8,11-12H2. The third-order valence-electron chi connectivity index (χ3n) is 2.90. The fourth-order valence-electron chi connectivity index (χ4n) is 1.79. The quantitative estimate of drug-likeness (QED) is 0.541. The van der Waals surface area contributed by atoms with E-state index in [4.69, 9.17) is 0 Å². The van der Waals surface area contributed by atoms with Gasteiger partial charge in [-0.2, -0.15) is 17.5 Å². The van der Waals surface area contributed by atoms with E-state index in [1.54, 1.807) is 36.4 Å². The van der Waals surface area contributed by atoms with Gasteiger partial charge in [-0.05, 0) is 24.8 Å². The average Bonchev–Trinajstić information content (AvgIpc) is 2.42. The second kappa shape index (κ2) is 7.61. The zero-order valence-corrected chi connectivity index (χ0v) is 12.3. The molecule has 0 aliphatic carbocycles. The number of nitrogens with zero attached hydrogens (tertiary/aromatic N) is 1. The fraction of sp³-hybridized carbons (Fsp3) is 0.429. The molecule has 0 fully saturated rings. The van der Waals surface area contributed by atoms with Crippen molar-refractivity contribution in [3.8, 4) is 0 Å². The van der Waals surface area contributed by atoms with E-state index in [-0.39, 0.29) is 13.1 Å². The van der Waals surface area contributed by atoms with Crippen molar-refractivity contribution < 1.29 is 21.6 Å². The monoisotopic (exact) mass is 321 g/mol. The molecule has 0 spiro atoms. The smallest absolute Gasteiger partial charge is 0.203 e. The van der Waals surface area contributed by atoms with Gasteiger partial charge in [0.05, 0.1) is 0 Å². The van der Waals surface area contributed by atoms with E-state index in [0.29, 0.717) is 29.1 Å². The molecule has 0 heterocycles. The Morgan fingerprint density at radius 1 is 1.14 bits per heavy atom. The van der Waals surface area contributed by atoms with Crippen LogP contribution in [-0.2, 0) is 16.6 Å². The Kier molecular flexibility index (Phi) is 6.42. The molecule has 0 radical (unpaired) electrons. The minimum absolute atomic E-state index is 0.162. The maximum Gasteiger partial charge on any atom is 0.511 e. The van der Waals surface area contributed by atoms with Crippen molar-refractivity contribution in [2.75, 3.05) is 6.54 Å². The van der Waals surface area contributed by atoms with Gasteiger partial charge in [0.1, 0.15) is 0 Å². The van der Waals surface area contributed by atoms with Crippen LogP contribution in [0.4, 0.5) is 13.2 Å². The number of hydrogen-bond donors (Lipinski definition) is 0. The van der Waals surface area contributed by atoms with Gasteiger partial charge >= 0.3 is 15.5 Å². The lowest BCUT2D eigenvalue weighted by atomic mass is 10.2. The van der Waals surface area contributed by atoms with Crippen LogP contribution >= 0.6 is 0 Å². The largest absolute Gasteiger partial charge is 0.511 e. The molecule has 21 heavy (non-hydrogen) atoms. The molecule has 0 amide bonds. The number of hydrogen-bond acceptors (Lipinski definition) is 2. The first kappa shape index (κ1) is 17.7. The Bertz CT molecular complexity index is 541. The van der Waals surface area contributed by atoms with Gasteiger partial charge in [0.2, 0.25) is 0 Å². The van der Waals surface area contributed by atoms with E-state index in [1.165, 1.54) is 0 Å². The molecule has 0 atom stereocenters. The number of halogens is 3. The second-order valence-electron chi connectivity index (χ2n) is 4.55. The molecule has 1 aromatic rings. The SMILES string of the molecule is C=CCCCCN(Cc1ccccc1)S(=O)(=O)C(F)(F)F. The molecule has 7 heteroatoms. The van der Waals surface area contributed by atoms with E-state index in [0.717, 1.165) is 0 Å². The number of unbranched alkanes of at least 4 members (excludes halogenated alkanes) is 2. The fourth-order valence-corrected chi connectivity index (χ4v) is 2.78. The first-order valence-corrected chi connectivity index (χ1v) is 7.94. The van der Waals surface area contributed by atoms with Gasteiger partial charge in [0, 0.05) is 13.1 Å². The number of alkyl halides is 3. The summed E-state index contributed by atoms with van der Waals surface area (Å²) in [6, 6.07) is 8.23. The highest BCUT2D eigenvalue weighted by molar-refractivity contribution is 7.89. The normalized spacial score (nSPS) is 12.6. The Hall–Kier alpha value is -1.34. The van der Waals surface area contributed by atoms with Crippen LogP contribution < -0.4 is 0 Å². The lowest BCUT2D eigenvalue weighted by Crippen LogP contribution is -2.40. The highest BCUT2D eigenvalue weighted by atomic mass is 32.2. The van der Waals surface area contributed by atoms with Gasteiger partial charge in [0.25, 0.3) is 0 Å². The third kappa shape index (κ3) is 5.17. The summed E-state index contributed by atoms with van der Waals surface area (Å²) in [5.41, 5.74) is -4.76. The van der Waals surface area contributed by atoms with E-state index >= 15 is 0 Å². The molecule has 1 rings (SSSR count). The number of allylic oxidation sites excluding steroid dienone is 1. The Balaban J connectivity index is 2.87. The van der Waals surface area contributed by atoms with E-state index < -0.39 is 15.5 Å². The summed E-state index contributed by atoms with van der Waals surface area (Å²) in [6.07, 6.45) is 3.25. The first-order valence-electron chi connectivity index (χ1n) is 6.50. The molecule has 3 nitrogen and oxygen atoms in total. The van der Waals surface area contributed by atoms with Gasteiger partial charge in [0.15, 0.2) is 0 Å². The molecule has 118 valence electrons. The van der Waals surface area contributed by atoms with E-state index in [2.05, 4.69) is 6.58 Å². The maximum atomic E-state index is 12.7. The van der Waals surface area contributed by atoms with Crippen LogP contribution in [0.25, 0.3) is 0 Å². The molecule has 0 aliphatic heterocycles. The van der Waals surface area contributed by atoms with Crippen LogP contribution in [0.3, 0.4) is 0 Å². The lowest BCUT2D eigenvalue weighted by molar-refractivity contribution is -0.0491. The van der Waals surface area contributed by atoms with Gasteiger partial charge in [-0.1, -0.05) is 36.4 Å². The van der Waals surface area contributed by atoms with E-state index in [9.17, 15) is 21.6 Å². The van der Waals surface area contributed by atoms with Crippen LogP contribution in [0.1, 0.15) is 24.8 Å². The number of benzene rings is 1. The van der Waals surface area contributed by atoms with Crippen molar-refractivity contribution in [3.63, 3.8) is 0 Å². The predicted molar refractivity (Wildman–Crippen MR) is 75.9 cm³/mol. The summed E-state index contributed by atoms with van der Waals surface area (Å²) >= 11 is 0. The van der Waals surface area contributed by atoms with Crippen LogP contribution in [0, 0.1) is 0 Å². The molecular weight excluding hydrogens is 303 g/mol. The summed E-state index contributed by atoms with van der Waals surface area (Å²) in [7, 11) is -5.32. The van der Waals surface area contributed by atoms with Crippen molar-refractivity contribution in [2.45, 2.75) is 31.3 Å². The third-order valence-corrected chi connectivity index (χ3v) is 4.48. The molecule has 0 saturated heterocycles. The van der Waals surface area contributed by atoms with Crippen molar-refractivity contribution in [3.05, 3.63) is 48.6 Å². The molecule has 0 N–H and O–H groups in total. The van der Waals surface area contributed by atoms with Gasteiger partial charge in [-0.3, -0.25) is 0 Å². The van der Waals surface area contributed by atoms with Crippen molar-refractivity contribution in [1.29, 1.82) is 0 Å². The van der Waals surface area contributed by atoms with Crippen LogP contribution in [0.2, 0.25) is 0 Å². The average molecular weight is 321 g/mol. The van der Waals surface area contributed by atoms with Crippen LogP contribution in [0.15, 0.2) is 43.0 Å². The lowest BCUT2D eigenvalue weighted by Gasteiger charge is -2.23. The Morgan fingerprint density at radius 2 is 1.76 bits per heavy atom. The summed E-state index contributed by atoms with van der Waals surface area (Å²) in [6.45, 7) is 3.08. The molecule has 0 unspecified atom stereocenters. The van der Waals surface area contributed by atoms with Gasteiger partial charge < -0.3 is 0 Å². The molecule has 0 saturated carbocycles. The number of rotatable bonds is 8. The zero-order valence-electron chi connectivity index (χ0n) is 11.5. The van der Waals surface area contributed by atoms with Gasteiger partial charge in [-0.15, -0.1) is 6.58 Å². The minimum Gasteiger partial charge on any atom is -0.203 e. The van der Waals surface area contributed by atoms with Crippen molar-refractivity contribution in [2.24, 2.45) is 0 Å². The first-order chi connectivity index (χ1) is 9.79. The predicted octanol–water partition coefficient (Wildman–Crippen LogP) is 3.69. The molecule has 0 aromatic heterocycles. The van der Waals surface area contributed by atoms with Crippen molar-refractivity contribution >= 4 is 10.0 Å². The molecule has 1 aromatic carbocycles. The summed E-state index contributed by atoms with van der Waals surface area (Å²) in [5.74, 6) is 0. The number of sulfonamides is 1. The molecular formula is C14H18F3NO2S. The minimum atomic E-state index is -5.32. The highest BCUT2D eigenvalue weighted by Gasteiger charge is 2.49. The summed E-state index contributed by atoms with van der Waals surface area (Å²) < 4.78 is 61.8. The summed E-state index contributed by atoms with van der Waals surface area (Å²) in [4.78, 5) is 0. The van der Waals surface area contributed by atoms with Crippen LogP contribution in [0.5, 0.6) is 0 Å². The maximum absolute atomic E-state index is 12.7. The summed E-state index contributed by atoms with van der Waals surface area (Å²) in [5, 5.41) is 0. The Morgan fingerprint density at radius 3 is 2.29 bits per heavy atom. The topological polar surface area (TPSA) is 37.4 Å². The highest BCUT2D eigenvalue weighted by Crippen LogP contribution is 2.28. The zero-order chi connectivity index (χ0) is 15.9. The van der Waals surface area contributed by atoms with Crippen LogP contribution in [-0.4, -0.2) is 24.8 Å².